The molecule has 1 aliphatic carbocycles. The van der Waals surface area contributed by atoms with Gasteiger partial charge in [-0.1, -0.05) is 12.5 Å². The fourth-order valence-electron chi connectivity index (χ4n) is 2.41. The van der Waals surface area contributed by atoms with Gasteiger partial charge in [0, 0.05) is 19.3 Å². The van der Waals surface area contributed by atoms with Gasteiger partial charge in [-0.3, -0.25) is 0 Å². The lowest BCUT2D eigenvalue weighted by atomic mass is 9.79. The molecule has 3 N–H and O–H groups in total. The first-order valence-corrected chi connectivity index (χ1v) is 5.39. The van der Waals surface area contributed by atoms with E-state index in [9.17, 15) is 0 Å². The van der Waals surface area contributed by atoms with Crippen molar-refractivity contribution in [2.45, 2.75) is 44.1 Å². The van der Waals surface area contributed by atoms with E-state index in [1.165, 1.54) is 32.1 Å². The van der Waals surface area contributed by atoms with Crippen LogP contribution in [-0.2, 0) is 0 Å². The highest BCUT2D eigenvalue weighted by Crippen LogP contribution is 2.27. The maximum absolute atomic E-state index is 8.82. The van der Waals surface area contributed by atoms with Gasteiger partial charge in [0.2, 0.25) is 0 Å². The SMILES string of the molecule is C=CCC1([NH2+]CCO)CCCCC1. The largest absolute Gasteiger partial charge is 0.391 e. The van der Waals surface area contributed by atoms with Crippen LogP contribution in [0.4, 0.5) is 0 Å². The second kappa shape index (κ2) is 5.40. The van der Waals surface area contributed by atoms with Crippen molar-refractivity contribution in [2.75, 3.05) is 13.2 Å². The summed E-state index contributed by atoms with van der Waals surface area (Å²) in [4.78, 5) is 0. The smallest absolute Gasteiger partial charge is 0.0996 e. The lowest BCUT2D eigenvalue weighted by Gasteiger charge is -2.34. The van der Waals surface area contributed by atoms with Crippen molar-refractivity contribution in [3.05, 3.63) is 12.7 Å². The minimum absolute atomic E-state index is 0.291. The van der Waals surface area contributed by atoms with Crippen LogP contribution in [0.2, 0.25) is 0 Å². The van der Waals surface area contributed by atoms with Crippen molar-refractivity contribution in [1.29, 1.82) is 0 Å². The van der Waals surface area contributed by atoms with Gasteiger partial charge in [-0.25, -0.2) is 0 Å². The third-order valence-corrected chi connectivity index (χ3v) is 3.11. The van der Waals surface area contributed by atoms with E-state index in [4.69, 9.17) is 5.11 Å². The lowest BCUT2D eigenvalue weighted by Crippen LogP contribution is -2.97. The minimum atomic E-state index is 0.291. The van der Waals surface area contributed by atoms with Crippen LogP contribution in [-0.4, -0.2) is 23.8 Å². The Bertz CT molecular complexity index is 150. The van der Waals surface area contributed by atoms with E-state index in [1.807, 2.05) is 6.08 Å². The third kappa shape index (κ3) is 3.12. The van der Waals surface area contributed by atoms with Crippen LogP contribution >= 0.6 is 0 Å². The molecule has 0 spiro atoms. The van der Waals surface area contributed by atoms with E-state index in [2.05, 4.69) is 11.9 Å². The molecule has 1 fully saturated rings. The highest BCUT2D eigenvalue weighted by molar-refractivity contribution is 4.88. The summed E-state index contributed by atoms with van der Waals surface area (Å²) < 4.78 is 0. The van der Waals surface area contributed by atoms with Crippen molar-refractivity contribution in [1.82, 2.24) is 0 Å². The molecule has 0 bridgehead atoms. The van der Waals surface area contributed by atoms with Gasteiger partial charge >= 0.3 is 0 Å². The highest BCUT2D eigenvalue weighted by atomic mass is 16.3. The molecule has 0 heterocycles. The summed E-state index contributed by atoms with van der Waals surface area (Å²) >= 11 is 0. The molecule has 1 aliphatic rings. The molecule has 2 nitrogen and oxygen atoms in total. The van der Waals surface area contributed by atoms with Gasteiger partial charge in [0.25, 0.3) is 0 Å². The fraction of sp³-hybridized carbons (Fsp3) is 0.818. The summed E-state index contributed by atoms with van der Waals surface area (Å²) in [5.74, 6) is 0. The van der Waals surface area contributed by atoms with Gasteiger partial charge in [-0.05, 0) is 12.8 Å². The molecule has 13 heavy (non-hydrogen) atoms. The van der Waals surface area contributed by atoms with Crippen LogP contribution in [0.15, 0.2) is 12.7 Å². The molecule has 0 unspecified atom stereocenters. The maximum Gasteiger partial charge on any atom is 0.0996 e. The molecule has 1 saturated carbocycles. The molecule has 76 valence electrons. The Hall–Kier alpha value is -0.340. The van der Waals surface area contributed by atoms with Gasteiger partial charge in [0.05, 0.1) is 18.7 Å². The number of aliphatic hydroxyl groups excluding tert-OH is 1. The van der Waals surface area contributed by atoms with Gasteiger partial charge in [0.1, 0.15) is 0 Å². The Morgan fingerprint density at radius 2 is 2.00 bits per heavy atom. The fourth-order valence-corrected chi connectivity index (χ4v) is 2.41. The first kappa shape index (κ1) is 10.7. The lowest BCUT2D eigenvalue weighted by molar-refractivity contribution is -0.731. The molecule has 0 aromatic heterocycles. The van der Waals surface area contributed by atoms with E-state index in [0.29, 0.717) is 12.1 Å². The second-order valence-corrected chi connectivity index (χ2v) is 4.13. The summed E-state index contributed by atoms with van der Waals surface area (Å²) in [7, 11) is 0. The van der Waals surface area contributed by atoms with Crippen LogP contribution in [0.5, 0.6) is 0 Å². The van der Waals surface area contributed by atoms with Gasteiger partial charge in [0.15, 0.2) is 0 Å². The molecular formula is C11H22NO+. The minimum Gasteiger partial charge on any atom is -0.391 e. The second-order valence-electron chi connectivity index (χ2n) is 4.13. The Balaban J connectivity index is 2.45. The number of rotatable bonds is 5. The van der Waals surface area contributed by atoms with Crippen molar-refractivity contribution >= 4 is 0 Å². The molecule has 0 radical (unpaired) electrons. The predicted octanol–water partition coefficient (Wildman–Crippen LogP) is 0.821. The average Bonchev–Trinajstić information content (AvgIpc) is 2.17. The average molecular weight is 184 g/mol. The van der Waals surface area contributed by atoms with Gasteiger partial charge in [-0.2, -0.15) is 0 Å². The summed E-state index contributed by atoms with van der Waals surface area (Å²) in [6, 6.07) is 0. The molecule has 0 aromatic rings. The molecule has 0 amide bonds. The Labute approximate surface area is 81.0 Å². The van der Waals surface area contributed by atoms with Crippen LogP contribution in [0.1, 0.15) is 38.5 Å². The number of quaternary nitrogens is 1. The van der Waals surface area contributed by atoms with Crippen LogP contribution in [0.3, 0.4) is 0 Å². The normalized spacial score (nSPS) is 21.3. The van der Waals surface area contributed by atoms with Gasteiger partial charge < -0.3 is 10.4 Å². The topological polar surface area (TPSA) is 36.8 Å². The van der Waals surface area contributed by atoms with Crippen molar-refractivity contribution in [2.24, 2.45) is 0 Å². The van der Waals surface area contributed by atoms with Crippen molar-refractivity contribution < 1.29 is 10.4 Å². The molecule has 0 atom stereocenters. The molecule has 0 aromatic carbocycles. The predicted molar refractivity (Wildman–Crippen MR) is 54.5 cm³/mol. The summed E-state index contributed by atoms with van der Waals surface area (Å²) in [5.41, 5.74) is 0.378. The monoisotopic (exact) mass is 184 g/mol. The van der Waals surface area contributed by atoms with E-state index in [0.717, 1.165) is 13.0 Å². The maximum atomic E-state index is 8.82. The number of hydrogen-bond acceptors (Lipinski definition) is 1. The molecule has 1 rings (SSSR count). The molecule has 2 heteroatoms. The number of nitrogens with two attached hydrogens (primary N) is 1. The number of hydrogen-bond donors (Lipinski definition) is 2. The molecule has 0 saturated heterocycles. The molecular weight excluding hydrogens is 162 g/mol. The summed E-state index contributed by atoms with van der Waals surface area (Å²) in [5, 5.41) is 11.1. The Morgan fingerprint density at radius 1 is 1.31 bits per heavy atom. The Morgan fingerprint density at radius 3 is 2.54 bits per heavy atom. The third-order valence-electron chi connectivity index (χ3n) is 3.11. The van der Waals surface area contributed by atoms with Gasteiger partial charge in [-0.15, -0.1) is 6.58 Å². The zero-order chi connectivity index (χ0) is 9.57. The van der Waals surface area contributed by atoms with E-state index < -0.39 is 0 Å². The quantitative estimate of drug-likeness (QED) is 0.610. The first-order chi connectivity index (χ1) is 6.33. The Kier molecular flexibility index (Phi) is 4.46. The number of aliphatic hydroxyl groups is 1. The van der Waals surface area contributed by atoms with Crippen molar-refractivity contribution in [3.63, 3.8) is 0 Å². The zero-order valence-electron chi connectivity index (χ0n) is 8.47. The first-order valence-electron chi connectivity index (χ1n) is 5.39. The highest BCUT2D eigenvalue weighted by Gasteiger charge is 2.33. The zero-order valence-corrected chi connectivity index (χ0v) is 8.47. The van der Waals surface area contributed by atoms with E-state index in [-0.39, 0.29) is 0 Å². The van der Waals surface area contributed by atoms with Crippen molar-refractivity contribution in [3.8, 4) is 0 Å². The summed E-state index contributed by atoms with van der Waals surface area (Å²) in [6.45, 7) is 4.96. The van der Waals surface area contributed by atoms with Crippen LogP contribution in [0.25, 0.3) is 0 Å². The standard InChI is InChI=1S/C11H21NO/c1-2-6-11(12-9-10-13)7-4-3-5-8-11/h2,12-13H,1,3-10H2/p+1. The van der Waals surface area contributed by atoms with E-state index >= 15 is 0 Å². The summed E-state index contributed by atoms with van der Waals surface area (Å²) in [6.07, 6.45) is 9.77. The van der Waals surface area contributed by atoms with E-state index in [1.54, 1.807) is 0 Å². The molecule has 0 aliphatic heterocycles. The van der Waals surface area contributed by atoms with Crippen LogP contribution < -0.4 is 5.32 Å². The van der Waals surface area contributed by atoms with Crippen LogP contribution in [0, 0.1) is 0 Å².